The van der Waals surface area contributed by atoms with Crippen LogP contribution in [0.5, 0.6) is 0 Å². The van der Waals surface area contributed by atoms with E-state index in [4.69, 9.17) is 5.73 Å². The van der Waals surface area contributed by atoms with E-state index in [0.717, 1.165) is 10.3 Å². The van der Waals surface area contributed by atoms with Crippen molar-refractivity contribution in [2.75, 3.05) is 0 Å². The van der Waals surface area contributed by atoms with Gasteiger partial charge in [-0.3, -0.25) is 9.20 Å². The monoisotopic (exact) mass is 239 g/mol. The maximum absolute atomic E-state index is 10.9. The van der Waals surface area contributed by atoms with Crippen LogP contribution in [-0.2, 0) is 0 Å². The number of rotatable bonds is 1. The van der Waals surface area contributed by atoms with Crippen LogP contribution in [0.1, 0.15) is 10.4 Å². The minimum Gasteiger partial charge on any atom is -0.366 e. The largest absolute Gasteiger partial charge is 0.366 e. The molecule has 2 heterocycles. The first kappa shape index (κ1) is 8.25. The van der Waals surface area contributed by atoms with Gasteiger partial charge in [-0.1, -0.05) is 0 Å². The van der Waals surface area contributed by atoms with E-state index in [9.17, 15) is 4.79 Å². The van der Waals surface area contributed by atoms with Gasteiger partial charge < -0.3 is 5.73 Å². The molecule has 1 amide bonds. The molecule has 0 aliphatic carbocycles. The number of primary amides is 1. The molecule has 66 valence electrons. The minimum atomic E-state index is -0.442. The van der Waals surface area contributed by atoms with Crippen LogP contribution < -0.4 is 5.73 Å². The van der Waals surface area contributed by atoms with E-state index >= 15 is 0 Å². The fourth-order valence-corrected chi connectivity index (χ4v) is 1.48. The molecule has 0 bridgehead atoms. The molecule has 2 N–H and O–H groups in total. The number of carbonyl (C=O) groups is 1. The van der Waals surface area contributed by atoms with Crippen molar-refractivity contribution in [2.24, 2.45) is 5.73 Å². The Morgan fingerprint density at radius 3 is 3.00 bits per heavy atom. The topological polar surface area (TPSA) is 60.4 Å². The highest BCUT2D eigenvalue weighted by Gasteiger charge is 2.04. The van der Waals surface area contributed by atoms with Crippen LogP contribution in [-0.4, -0.2) is 15.3 Å². The predicted molar refractivity (Wildman–Crippen MR) is 51.4 cm³/mol. The number of nitrogens with zero attached hydrogens (tertiary/aromatic N) is 2. The highest BCUT2D eigenvalue weighted by Crippen LogP contribution is 2.13. The Morgan fingerprint density at radius 2 is 2.31 bits per heavy atom. The molecule has 0 aliphatic rings. The summed E-state index contributed by atoms with van der Waals surface area (Å²) >= 11 is 3.30. The summed E-state index contributed by atoms with van der Waals surface area (Å²) in [6.07, 6.45) is 3.31. The highest BCUT2D eigenvalue weighted by atomic mass is 79.9. The zero-order valence-electron chi connectivity index (χ0n) is 6.57. The minimum absolute atomic E-state index is 0.442. The summed E-state index contributed by atoms with van der Waals surface area (Å²) in [6.45, 7) is 0. The van der Waals surface area contributed by atoms with E-state index in [0.29, 0.717) is 5.56 Å². The van der Waals surface area contributed by atoms with Gasteiger partial charge in [0.15, 0.2) is 0 Å². The summed E-state index contributed by atoms with van der Waals surface area (Å²) in [5.74, 6) is -0.442. The molecular weight excluding hydrogens is 234 g/mol. The molecule has 0 radical (unpaired) electrons. The van der Waals surface area contributed by atoms with Gasteiger partial charge in [0.25, 0.3) is 0 Å². The quantitative estimate of drug-likeness (QED) is 0.813. The molecule has 5 heteroatoms. The summed E-state index contributed by atoms with van der Waals surface area (Å²) in [7, 11) is 0. The molecule has 0 atom stereocenters. The third-order valence-electron chi connectivity index (χ3n) is 1.74. The molecule has 0 fully saturated rings. The molecule has 2 aromatic rings. The fourth-order valence-electron chi connectivity index (χ4n) is 1.10. The van der Waals surface area contributed by atoms with Gasteiger partial charge in [0, 0.05) is 6.20 Å². The molecule has 2 rings (SSSR count). The Balaban J connectivity index is 2.72. The van der Waals surface area contributed by atoms with Gasteiger partial charge in [-0.05, 0) is 28.1 Å². The van der Waals surface area contributed by atoms with Crippen LogP contribution in [0, 0.1) is 0 Å². The number of aromatic nitrogens is 2. The molecule has 0 saturated carbocycles. The van der Waals surface area contributed by atoms with Gasteiger partial charge in [-0.25, -0.2) is 4.98 Å². The SMILES string of the molecule is NC(=O)c1ccc2ncc(Br)n2c1. The first-order valence-electron chi connectivity index (χ1n) is 3.61. The number of amides is 1. The van der Waals surface area contributed by atoms with Crippen molar-refractivity contribution >= 4 is 27.5 Å². The summed E-state index contributed by atoms with van der Waals surface area (Å²) in [5, 5.41) is 0. The Bertz CT molecular complexity index is 477. The summed E-state index contributed by atoms with van der Waals surface area (Å²) < 4.78 is 2.55. The number of carbonyl (C=O) groups excluding carboxylic acids is 1. The summed E-state index contributed by atoms with van der Waals surface area (Å²) in [6, 6.07) is 3.39. The normalized spacial score (nSPS) is 10.5. The predicted octanol–water partition coefficient (Wildman–Crippen LogP) is 1.20. The molecule has 0 unspecified atom stereocenters. The number of nitrogens with two attached hydrogens (primary N) is 1. The molecular formula is C8H6BrN3O. The van der Waals surface area contributed by atoms with Gasteiger partial charge >= 0.3 is 0 Å². The smallest absolute Gasteiger partial charge is 0.250 e. The Labute approximate surface area is 82.5 Å². The van der Waals surface area contributed by atoms with Gasteiger partial charge in [0.1, 0.15) is 10.3 Å². The van der Waals surface area contributed by atoms with Crippen LogP contribution in [0.25, 0.3) is 5.65 Å². The molecule has 0 saturated heterocycles. The van der Waals surface area contributed by atoms with Crippen LogP contribution in [0.15, 0.2) is 29.1 Å². The third-order valence-corrected chi connectivity index (χ3v) is 2.33. The Hall–Kier alpha value is -1.36. The molecule has 0 aliphatic heterocycles. The van der Waals surface area contributed by atoms with Crippen molar-refractivity contribution in [3.05, 3.63) is 34.7 Å². The van der Waals surface area contributed by atoms with Crippen LogP contribution >= 0.6 is 15.9 Å². The van der Waals surface area contributed by atoms with Crippen LogP contribution in [0.4, 0.5) is 0 Å². The lowest BCUT2D eigenvalue weighted by atomic mass is 10.3. The number of imidazole rings is 1. The molecule has 2 aromatic heterocycles. The van der Waals surface area contributed by atoms with Crippen molar-refractivity contribution in [3.63, 3.8) is 0 Å². The summed E-state index contributed by atoms with van der Waals surface area (Å²) in [4.78, 5) is 14.9. The third kappa shape index (κ3) is 1.31. The van der Waals surface area contributed by atoms with E-state index in [-0.39, 0.29) is 0 Å². The number of fused-ring (bicyclic) bond motifs is 1. The molecule has 0 spiro atoms. The van der Waals surface area contributed by atoms with Crippen molar-refractivity contribution in [3.8, 4) is 0 Å². The van der Waals surface area contributed by atoms with Gasteiger partial charge in [0.2, 0.25) is 5.91 Å². The Morgan fingerprint density at radius 1 is 1.54 bits per heavy atom. The van der Waals surface area contributed by atoms with E-state index in [1.54, 1.807) is 28.9 Å². The standard InChI is InChI=1S/C8H6BrN3O/c9-6-3-11-7-2-1-5(8(10)13)4-12(6)7/h1-4H,(H2,10,13). The second kappa shape index (κ2) is 2.85. The zero-order valence-corrected chi connectivity index (χ0v) is 8.15. The van der Waals surface area contributed by atoms with Crippen molar-refractivity contribution in [2.45, 2.75) is 0 Å². The molecule has 0 aromatic carbocycles. The number of hydrogen-bond donors (Lipinski definition) is 1. The first-order valence-corrected chi connectivity index (χ1v) is 4.40. The van der Waals surface area contributed by atoms with Crippen molar-refractivity contribution in [1.29, 1.82) is 0 Å². The second-order valence-electron chi connectivity index (χ2n) is 2.59. The lowest BCUT2D eigenvalue weighted by Crippen LogP contribution is -2.11. The average molecular weight is 240 g/mol. The van der Waals surface area contributed by atoms with Crippen LogP contribution in [0.3, 0.4) is 0 Å². The first-order chi connectivity index (χ1) is 6.18. The van der Waals surface area contributed by atoms with E-state index in [2.05, 4.69) is 20.9 Å². The maximum Gasteiger partial charge on any atom is 0.250 e. The van der Waals surface area contributed by atoms with Gasteiger partial charge in [-0.15, -0.1) is 0 Å². The van der Waals surface area contributed by atoms with E-state index in [1.807, 2.05) is 0 Å². The molecule has 4 nitrogen and oxygen atoms in total. The lowest BCUT2D eigenvalue weighted by molar-refractivity contribution is 0.1000. The highest BCUT2D eigenvalue weighted by molar-refractivity contribution is 9.10. The summed E-state index contributed by atoms with van der Waals surface area (Å²) in [5.41, 5.74) is 6.37. The van der Waals surface area contributed by atoms with E-state index in [1.165, 1.54) is 0 Å². The van der Waals surface area contributed by atoms with E-state index < -0.39 is 5.91 Å². The number of pyridine rings is 1. The van der Waals surface area contributed by atoms with Crippen LogP contribution in [0.2, 0.25) is 0 Å². The maximum atomic E-state index is 10.9. The number of halogens is 1. The lowest BCUT2D eigenvalue weighted by Gasteiger charge is -1.97. The van der Waals surface area contributed by atoms with Crippen molar-refractivity contribution in [1.82, 2.24) is 9.38 Å². The fraction of sp³-hybridized carbons (Fsp3) is 0. The second-order valence-corrected chi connectivity index (χ2v) is 3.40. The molecule has 13 heavy (non-hydrogen) atoms. The zero-order chi connectivity index (χ0) is 9.42. The Kier molecular flexibility index (Phi) is 1.81. The van der Waals surface area contributed by atoms with Gasteiger partial charge in [0.05, 0.1) is 11.8 Å². The van der Waals surface area contributed by atoms with Crippen molar-refractivity contribution < 1.29 is 4.79 Å². The number of hydrogen-bond acceptors (Lipinski definition) is 2. The average Bonchev–Trinajstić information content (AvgIpc) is 2.47. The van der Waals surface area contributed by atoms with Gasteiger partial charge in [-0.2, -0.15) is 0 Å².